The molecule has 0 atom stereocenters. The van der Waals surface area contributed by atoms with Crippen LogP contribution in [0.15, 0.2) is 53.7 Å². The van der Waals surface area contributed by atoms with Crippen molar-refractivity contribution in [3.63, 3.8) is 0 Å². The SMILES string of the molecule is COC(=O)c1c(N)c2ccc(C(F)(F)F)cc2n(-c2ccc3nccn3c2)c1=O. The van der Waals surface area contributed by atoms with E-state index in [4.69, 9.17) is 5.73 Å². The molecule has 0 radical (unpaired) electrons. The van der Waals surface area contributed by atoms with Crippen molar-refractivity contribution in [3.05, 3.63) is 70.4 Å². The average Bonchev–Trinajstić information content (AvgIpc) is 3.14. The van der Waals surface area contributed by atoms with Gasteiger partial charge in [-0.1, -0.05) is 6.07 Å². The number of hydrogen-bond donors (Lipinski definition) is 1. The summed E-state index contributed by atoms with van der Waals surface area (Å²) in [6, 6.07) is 5.90. The predicted octanol–water partition coefficient (Wildman–Crippen LogP) is 3.03. The van der Waals surface area contributed by atoms with Crippen molar-refractivity contribution in [1.29, 1.82) is 0 Å². The van der Waals surface area contributed by atoms with Gasteiger partial charge in [-0.05, 0) is 24.3 Å². The third-order valence-corrected chi connectivity index (χ3v) is 4.56. The first kappa shape index (κ1) is 18.5. The van der Waals surface area contributed by atoms with E-state index in [1.54, 1.807) is 16.7 Å². The summed E-state index contributed by atoms with van der Waals surface area (Å²) in [4.78, 5) is 29.4. The maximum absolute atomic E-state index is 13.3. The number of rotatable bonds is 2. The number of imidazole rings is 1. The van der Waals surface area contributed by atoms with E-state index in [2.05, 4.69) is 9.72 Å². The van der Waals surface area contributed by atoms with Gasteiger partial charge in [0.05, 0.1) is 29.6 Å². The quantitative estimate of drug-likeness (QED) is 0.521. The van der Waals surface area contributed by atoms with E-state index < -0.39 is 28.8 Å². The zero-order valence-corrected chi connectivity index (χ0v) is 14.9. The third-order valence-electron chi connectivity index (χ3n) is 4.56. The fraction of sp³-hybridized carbons (Fsp3) is 0.105. The van der Waals surface area contributed by atoms with Crippen LogP contribution in [-0.4, -0.2) is 27.0 Å². The molecule has 3 aromatic heterocycles. The molecule has 29 heavy (non-hydrogen) atoms. The molecule has 4 rings (SSSR count). The van der Waals surface area contributed by atoms with Gasteiger partial charge < -0.3 is 14.9 Å². The maximum Gasteiger partial charge on any atom is 0.416 e. The number of nitrogens with zero attached hydrogens (tertiary/aromatic N) is 3. The lowest BCUT2D eigenvalue weighted by molar-refractivity contribution is -0.137. The van der Waals surface area contributed by atoms with Gasteiger partial charge in [-0.25, -0.2) is 9.78 Å². The van der Waals surface area contributed by atoms with Crippen LogP contribution in [-0.2, 0) is 10.9 Å². The van der Waals surface area contributed by atoms with Crippen LogP contribution in [0.1, 0.15) is 15.9 Å². The molecular formula is C19H13F3N4O3. The molecule has 148 valence electrons. The first-order valence-electron chi connectivity index (χ1n) is 8.29. The lowest BCUT2D eigenvalue weighted by atomic mass is 10.1. The Kier molecular flexibility index (Phi) is 4.07. The number of nitrogen functional groups attached to an aromatic ring is 1. The summed E-state index contributed by atoms with van der Waals surface area (Å²) in [6.45, 7) is 0. The summed E-state index contributed by atoms with van der Waals surface area (Å²) in [5, 5.41) is 0.115. The number of methoxy groups -OCH3 is 1. The van der Waals surface area contributed by atoms with E-state index >= 15 is 0 Å². The zero-order valence-electron chi connectivity index (χ0n) is 14.9. The standard InChI is InChI=1S/C19H13F3N4O3/c1-29-18(28)15-16(23)12-4-2-10(19(20,21)22)8-13(12)26(17(15)27)11-3-5-14-24-6-7-25(14)9-11/h2-9H,23H2,1H3. The fourth-order valence-corrected chi connectivity index (χ4v) is 3.19. The van der Waals surface area contributed by atoms with Crippen molar-refractivity contribution >= 4 is 28.2 Å². The summed E-state index contributed by atoms with van der Waals surface area (Å²) in [6.07, 6.45) is 0.0379. The normalized spacial score (nSPS) is 11.9. The fourth-order valence-electron chi connectivity index (χ4n) is 3.19. The molecule has 10 heteroatoms. The summed E-state index contributed by atoms with van der Waals surface area (Å²) in [7, 11) is 1.08. The Morgan fingerprint density at radius 2 is 1.97 bits per heavy atom. The highest BCUT2D eigenvalue weighted by molar-refractivity contribution is 6.04. The number of anilines is 1. The molecule has 0 bridgehead atoms. The van der Waals surface area contributed by atoms with Crippen LogP contribution in [0.2, 0.25) is 0 Å². The third kappa shape index (κ3) is 2.89. The van der Waals surface area contributed by atoms with Crippen molar-refractivity contribution in [2.75, 3.05) is 12.8 Å². The lowest BCUT2D eigenvalue weighted by Gasteiger charge is -2.17. The van der Waals surface area contributed by atoms with Crippen LogP contribution in [0, 0.1) is 0 Å². The monoisotopic (exact) mass is 402 g/mol. The van der Waals surface area contributed by atoms with Gasteiger partial charge in [0, 0.05) is 24.0 Å². The first-order chi connectivity index (χ1) is 13.7. The van der Waals surface area contributed by atoms with Crippen LogP contribution in [0.25, 0.3) is 22.2 Å². The summed E-state index contributed by atoms with van der Waals surface area (Å²) < 4.78 is 47.1. The Hall–Kier alpha value is -3.82. The molecule has 0 fully saturated rings. The van der Waals surface area contributed by atoms with E-state index in [1.807, 2.05) is 0 Å². The van der Waals surface area contributed by atoms with Gasteiger partial charge in [0.15, 0.2) is 0 Å². The minimum absolute atomic E-state index is 0.0885. The van der Waals surface area contributed by atoms with Crippen LogP contribution in [0.5, 0.6) is 0 Å². The van der Waals surface area contributed by atoms with E-state index in [-0.39, 0.29) is 22.3 Å². The van der Waals surface area contributed by atoms with Crippen LogP contribution in [0.3, 0.4) is 0 Å². The van der Waals surface area contributed by atoms with Crippen molar-refractivity contribution in [2.24, 2.45) is 0 Å². The minimum Gasteiger partial charge on any atom is -0.465 e. The second-order valence-electron chi connectivity index (χ2n) is 6.23. The maximum atomic E-state index is 13.3. The number of hydrogen-bond acceptors (Lipinski definition) is 5. The number of pyridine rings is 2. The Morgan fingerprint density at radius 1 is 1.21 bits per heavy atom. The highest BCUT2D eigenvalue weighted by Crippen LogP contribution is 2.34. The molecule has 0 spiro atoms. The molecule has 0 amide bonds. The van der Waals surface area contributed by atoms with Crippen molar-refractivity contribution < 1.29 is 22.7 Å². The number of ether oxygens (including phenoxy) is 1. The number of halogens is 3. The van der Waals surface area contributed by atoms with Crippen molar-refractivity contribution in [3.8, 4) is 5.69 Å². The predicted molar refractivity (Wildman–Crippen MR) is 99.0 cm³/mol. The average molecular weight is 402 g/mol. The van der Waals surface area contributed by atoms with Gasteiger partial charge >= 0.3 is 12.1 Å². The summed E-state index contributed by atoms with van der Waals surface area (Å²) in [5.74, 6) is -0.980. The molecule has 2 N–H and O–H groups in total. The van der Waals surface area contributed by atoms with E-state index in [1.165, 1.54) is 18.5 Å². The van der Waals surface area contributed by atoms with Crippen LogP contribution >= 0.6 is 0 Å². The van der Waals surface area contributed by atoms with E-state index in [0.29, 0.717) is 5.65 Å². The van der Waals surface area contributed by atoms with E-state index in [9.17, 15) is 22.8 Å². The Bertz CT molecular complexity index is 1340. The molecule has 0 saturated heterocycles. The van der Waals surface area contributed by atoms with Gasteiger partial charge in [-0.2, -0.15) is 13.2 Å². The molecule has 0 saturated carbocycles. The smallest absolute Gasteiger partial charge is 0.416 e. The highest BCUT2D eigenvalue weighted by atomic mass is 19.4. The number of carbonyl (C=O) groups is 1. The van der Waals surface area contributed by atoms with Gasteiger partial charge in [-0.15, -0.1) is 0 Å². The number of carbonyl (C=O) groups excluding carboxylic acids is 1. The number of fused-ring (bicyclic) bond motifs is 2. The molecule has 0 aliphatic rings. The van der Waals surface area contributed by atoms with Gasteiger partial charge in [-0.3, -0.25) is 9.36 Å². The number of nitrogens with two attached hydrogens (primary N) is 1. The second kappa shape index (κ2) is 6.36. The first-order valence-corrected chi connectivity index (χ1v) is 8.29. The molecule has 3 heterocycles. The summed E-state index contributed by atoms with van der Waals surface area (Å²) >= 11 is 0. The van der Waals surface area contributed by atoms with Gasteiger partial charge in [0.25, 0.3) is 5.56 Å². The number of esters is 1. The number of benzene rings is 1. The Balaban J connectivity index is 2.16. The lowest BCUT2D eigenvalue weighted by Crippen LogP contribution is -2.28. The topological polar surface area (TPSA) is 91.6 Å². The summed E-state index contributed by atoms with van der Waals surface area (Å²) in [5.41, 5.74) is 4.15. The van der Waals surface area contributed by atoms with Crippen molar-refractivity contribution in [2.45, 2.75) is 6.18 Å². The molecule has 0 aliphatic carbocycles. The van der Waals surface area contributed by atoms with Gasteiger partial charge in [0.2, 0.25) is 0 Å². The molecule has 7 nitrogen and oxygen atoms in total. The van der Waals surface area contributed by atoms with Gasteiger partial charge in [0.1, 0.15) is 11.2 Å². The highest BCUT2D eigenvalue weighted by Gasteiger charge is 2.32. The second-order valence-corrected chi connectivity index (χ2v) is 6.23. The Morgan fingerprint density at radius 3 is 2.66 bits per heavy atom. The molecule has 4 aromatic rings. The molecular weight excluding hydrogens is 389 g/mol. The minimum atomic E-state index is -4.63. The number of alkyl halides is 3. The van der Waals surface area contributed by atoms with Crippen LogP contribution in [0.4, 0.5) is 18.9 Å². The molecule has 1 aromatic carbocycles. The number of aromatic nitrogens is 3. The van der Waals surface area contributed by atoms with E-state index in [0.717, 1.165) is 29.9 Å². The molecule has 0 unspecified atom stereocenters. The zero-order chi connectivity index (χ0) is 20.9. The Labute approximate surface area is 160 Å². The largest absolute Gasteiger partial charge is 0.465 e. The van der Waals surface area contributed by atoms with Crippen molar-refractivity contribution in [1.82, 2.24) is 14.0 Å². The van der Waals surface area contributed by atoms with Crippen LogP contribution < -0.4 is 11.3 Å². The molecule has 0 aliphatic heterocycles.